The van der Waals surface area contributed by atoms with Gasteiger partial charge in [-0.3, -0.25) is 9.59 Å². The third-order valence-electron chi connectivity index (χ3n) is 10.3. The molecule has 6 aromatic heterocycles. The first-order valence-electron chi connectivity index (χ1n) is 18.6. The summed E-state index contributed by atoms with van der Waals surface area (Å²) in [6, 6.07) is 25.7. The zero-order valence-corrected chi connectivity index (χ0v) is 31.8. The zero-order valence-electron chi connectivity index (χ0n) is 31.8. The van der Waals surface area contributed by atoms with Crippen molar-refractivity contribution in [3.8, 4) is 22.3 Å². The Bertz CT molecular complexity index is 3140. The van der Waals surface area contributed by atoms with E-state index in [-0.39, 0.29) is 33.1 Å². The molecule has 0 spiro atoms. The third kappa shape index (κ3) is 6.26. The van der Waals surface area contributed by atoms with Crippen molar-refractivity contribution in [3.63, 3.8) is 0 Å². The summed E-state index contributed by atoms with van der Waals surface area (Å²) in [5.74, 6) is 0.0795. The molecule has 0 aliphatic carbocycles. The summed E-state index contributed by atoms with van der Waals surface area (Å²) < 4.78 is 44.4. The molecule has 0 radical (unpaired) electrons. The molecular weight excluding hydrogens is 771 g/mol. The van der Waals surface area contributed by atoms with Gasteiger partial charge in [0.2, 0.25) is 10.9 Å². The summed E-state index contributed by atoms with van der Waals surface area (Å²) in [5, 5.41) is 9.82. The predicted octanol–water partition coefficient (Wildman–Crippen LogP) is 7.86. The van der Waals surface area contributed by atoms with E-state index >= 15 is 0 Å². The molecule has 0 aliphatic heterocycles. The molecule has 60 heavy (non-hydrogen) atoms. The Morgan fingerprint density at radius 1 is 0.550 bits per heavy atom. The first kappa shape index (κ1) is 37.4. The third-order valence-corrected chi connectivity index (χ3v) is 10.3. The Balaban J connectivity index is 0.000000154. The van der Waals surface area contributed by atoms with E-state index in [0.29, 0.717) is 56.3 Å². The maximum absolute atomic E-state index is 14.5. The molecule has 0 fully saturated rings. The molecular formula is C44H32F2N10O4. The van der Waals surface area contributed by atoms with Gasteiger partial charge in [0.05, 0.1) is 34.3 Å². The number of benzene rings is 4. The van der Waals surface area contributed by atoms with Crippen LogP contribution in [0.25, 0.3) is 66.3 Å². The van der Waals surface area contributed by atoms with Gasteiger partial charge in [0.25, 0.3) is 0 Å². The van der Waals surface area contributed by atoms with Crippen LogP contribution in [-0.4, -0.2) is 39.5 Å². The molecule has 0 bridgehead atoms. The number of nitrogens with two attached hydrogens (primary N) is 2. The smallest absolute Gasteiger partial charge is 0.203 e. The predicted molar refractivity (Wildman–Crippen MR) is 223 cm³/mol. The van der Waals surface area contributed by atoms with Gasteiger partial charge in [-0.2, -0.15) is 10.2 Å². The summed E-state index contributed by atoms with van der Waals surface area (Å²) in [5.41, 5.74) is 14.2. The molecule has 2 atom stereocenters. The molecule has 16 heteroatoms. The lowest BCUT2D eigenvalue weighted by atomic mass is 9.99. The fourth-order valence-electron chi connectivity index (χ4n) is 7.33. The molecule has 10 rings (SSSR count). The first-order valence-corrected chi connectivity index (χ1v) is 18.6. The Kier molecular flexibility index (Phi) is 9.35. The largest absolute Gasteiger partial charge is 0.458 e. The number of nitrogen functional groups attached to an aromatic ring is 2. The van der Waals surface area contributed by atoms with Crippen LogP contribution in [0.1, 0.15) is 37.5 Å². The molecule has 2 unspecified atom stereocenters. The Morgan fingerprint density at radius 2 is 0.950 bits per heavy atom. The molecule has 0 amide bonds. The van der Waals surface area contributed by atoms with Crippen LogP contribution >= 0.6 is 0 Å². The van der Waals surface area contributed by atoms with Gasteiger partial charge in [-0.05, 0) is 49.2 Å². The van der Waals surface area contributed by atoms with Crippen molar-refractivity contribution in [3.05, 3.63) is 166 Å². The fourth-order valence-corrected chi connectivity index (χ4v) is 7.33. The van der Waals surface area contributed by atoms with Gasteiger partial charge in [-0.15, -0.1) is 0 Å². The van der Waals surface area contributed by atoms with Crippen molar-refractivity contribution >= 4 is 55.6 Å². The number of halogens is 2. The van der Waals surface area contributed by atoms with Crippen LogP contribution in [0.2, 0.25) is 0 Å². The van der Waals surface area contributed by atoms with Gasteiger partial charge in [-0.25, -0.2) is 38.1 Å². The number of anilines is 2. The molecule has 0 saturated heterocycles. The van der Waals surface area contributed by atoms with Crippen molar-refractivity contribution in [2.75, 3.05) is 11.5 Å². The first-order chi connectivity index (χ1) is 29.1. The molecule has 4 N–H and O–H groups in total. The highest BCUT2D eigenvalue weighted by molar-refractivity contribution is 5.87. The summed E-state index contributed by atoms with van der Waals surface area (Å²) in [6.07, 6.45) is 5.85. The monoisotopic (exact) mass is 802 g/mol. The molecule has 14 nitrogen and oxygen atoms in total. The highest BCUT2D eigenvalue weighted by atomic mass is 19.1. The van der Waals surface area contributed by atoms with Gasteiger partial charge >= 0.3 is 0 Å². The van der Waals surface area contributed by atoms with Gasteiger partial charge < -0.3 is 20.3 Å². The van der Waals surface area contributed by atoms with Crippen LogP contribution in [0.4, 0.5) is 20.4 Å². The van der Waals surface area contributed by atoms with Crippen LogP contribution in [0.3, 0.4) is 0 Å². The highest BCUT2D eigenvalue weighted by Crippen LogP contribution is 2.35. The summed E-state index contributed by atoms with van der Waals surface area (Å²) in [6.45, 7) is 3.67. The summed E-state index contributed by atoms with van der Waals surface area (Å²) in [7, 11) is 0. The van der Waals surface area contributed by atoms with Crippen LogP contribution < -0.4 is 22.3 Å². The average Bonchev–Trinajstić information content (AvgIpc) is 3.90. The minimum atomic E-state index is -0.623. The van der Waals surface area contributed by atoms with Crippen molar-refractivity contribution in [1.29, 1.82) is 0 Å². The van der Waals surface area contributed by atoms with Crippen molar-refractivity contribution in [1.82, 2.24) is 39.5 Å². The summed E-state index contributed by atoms with van der Waals surface area (Å²) in [4.78, 5) is 43.3. The number of hydrogen-bond acceptors (Lipinski definition) is 12. The Morgan fingerprint density at radius 3 is 1.35 bits per heavy atom. The second kappa shape index (κ2) is 15.0. The van der Waals surface area contributed by atoms with Crippen LogP contribution in [0, 0.1) is 11.6 Å². The van der Waals surface area contributed by atoms with E-state index in [0.717, 1.165) is 0 Å². The normalized spacial score (nSPS) is 12.5. The van der Waals surface area contributed by atoms with Crippen LogP contribution in [-0.2, 0) is 0 Å². The quantitative estimate of drug-likeness (QED) is 0.165. The topological polar surface area (TPSA) is 200 Å². The van der Waals surface area contributed by atoms with Crippen LogP contribution in [0.5, 0.6) is 0 Å². The maximum Gasteiger partial charge on any atom is 0.203 e. The van der Waals surface area contributed by atoms with Crippen LogP contribution in [0.15, 0.2) is 141 Å². The maximum atomic E-state index is 14.5. The SMILES string of the molecule is CC(c1oc2cccc(F)c2c(=O)c1-c1ccccc1)n1ncc2c(N)ncnc21.CC(c1oc2cccc(F)c2c(=O)c1-c1ccccc1)n1ncc2c(N)ncnc21. The lowest BCUT2D eigenvalue weighted by Crippen LogP contribution is -2.17. The molecule has 4 aromatic carbocycles. The lowest BCUT2D eigenvalue weighted by Gasteiger charge is -2.17. The van der Waals surface area contributed by atoms with E-state index in [2.05, 4.69) is 30.1 Å². The molecule has 10 aromatic rings. The molecule has 0 aliphatic rings. The van der Waals surface area contributed by atoms with Gasteiger partial charge in [0.1, 0.15) is 81.5 Å². The van der Waals surface area contributed by atoms with E-state index < -0.39 is 34.6 Å². The molecule has 6 heterocycles. The second-order valence-corrected chi connectivity index (χ2v) is 13.8. The highest BCUT2D eigenvalue weighted by Gasteiger charge is 2.27. The molecule has 296 valence electrons. The number of nitrogens with zero attached hydrogens (tertiary/aromatic N) is 8. The van der Waals surface area contributed by atoms with Gasteiger partial charge in [0.15, 0.2) is 11.3 Å². The van der Waals surface area contributed by atoms with E-state index in [9.17, 15) is 18.4 Å². The summed E-state index contributed by atoms with van der Waals surface area (Å²) >= 11 is 0. The number of rotatable bonds is 6. The van der Waals surface area contributed by atoms with Crippen molar-refractivity contribution in [2.24, 2.45) is 0 Å². The van der Waals surface area contributed by atoms with E-state index in [1.54, 1.807) is 58.2 Å². The zero-order chi connectivity index (χ0) is 41.7. The average molecular weight is 803 g/mol. The Hall–Kier alpha value is -8.14. The number of fused-ring (bicyclic) bond motifs is 4. The van der Waals surface area contributed by atoms with Gasteiger partial charge in [0, 0.05) is 0 Å². The standard InChI is InChI=1S/2C22H16FN5O2/c2*1-12(28-22-14(10-27-28)21(24)25-11-26-22)20-17(13-6-3-2-4-7-13)19(29)18-15(23)8-5-9-16(18)30-20/h2*2-12H,1H3,(H2,24,25,26). The minimum absolute atomic E-state index is 0.0794. The van der Waals surface area contributed by atoms with Crippen molar-refractivity contribution in [2.45, 2.75) is 25.9 Å². The minimum Gasteiger partial charge on any atom is -0.458 e. The van der Waals surface area contributed by atoms with Crippen molar-refractivity contribution < 1.29 is 17.6 Å². The van der Waals surface area contributed by atoms with E-state index in [1.807, 2.05) is 50.2 Å². The van der Waals surface area contributed by atoms with E-state index in [1.165, 1.54) is 36.9 Å². The number of aromatic nitrogens is 8. The molecule has 0 saturated carbocycles. The second-order valence-electron chi connectivity index (χ2n) is 13.8. The Labute approximate surface area is 337 Å². The van der Waals surface area contributed by atoms with E-state index in [4.69, 9.17) is 20.3 Å². The number of hydrogen-bond donors (Lipinski definition) is 2. The van der Waals surface area contributed by atoms with Gasteiger partial charge in [-0.1, -0.05) is 72.8 Å². The lowest BCUT2D eigenvalue weighted by molar-refractivity contribution is 0.444. The fraction of sp³-hybridized carbons (Fsp3) is 0.0909.